The lowest BCUT2D eigenvalue weighted by atomic mass is 10.0. The Morgan fingerprint density at radius 3 is 2.53 bits per heavy atom. The molecular formula is C21H23F2N5O3S. The molecule has 1 saturated heterocycles. The summed E-state index contributed by atoms with van der Waals surface area (Å²) in [6.07, 6.45) is 3.30. The number of aliphatic hydroxyl groups excluding tert-OH is 1. The highest BCUT2D eigenvalue weighted by Crippen LogP contribution is 2.30. The SMILES string of the molecule is Cc1cc(CO)c2cc(-c3nc(NC4CCN(S(C)(=O)=O)CC4)ncc3F)cc(F)c2n1. The minimum absolute atomic E-state index is 0.0761. The Hall–Kier alpha value is -2.76. The van der Waals surface area contributed by atoms with Crippen LogP contribution in [0.1, 0.15) is 24.1 Å². The van der Waals surface area contributed by atoms with Crippen LogP contribution in [-0.2, 0) is 16.6 Å². The third-order valence-corrected chi connectivity index (χ3v) is 6.83. The Labute approximate surface area is 184 Å². The molecule has 0 radical (unpaired) electrons. The van der Waals surface area contributed by atoms with E-state index in [-0.39, 0.29) is 35.4 Å². The lowest BCUT2D eigenvalue weighted by Gasteiger charge is -2.30. The number of rotatable bonds is 5. The minimum Gasteiger partial charge on any atom is -0.392 e. The van der Waals surface area contributed by atoms with Crippen molar-refractivity contribution in [3.8, 4) is 11.3 Å². The molecule has 3 aromatic rings. The van der Waals surface area contributed by atoms with Gasteiger partial charge in [0.2, 0.25) is 16.0 Å². The average Bonchev–Trinajstić information content (AvgIpc) is 2.74. The second kappa shape index (κ2) is 8.64. The molecule has 1 aliphatic heterocycles. The number of nitrogens with one attached hydrogen (secondary N) is 1. The van der Waals surface area contributed by atoms with Gasteiger partial charge >= 0.3 is 0 Å². The third-order valence-electron chi connectivity index (χ3n) is 5.52. The lowest BCUT2D eigenvalue weighted by molar-refractivity contribution is 0.283. The van der Waals surface area contributed by atoms with Crippen LogP contribution < -0.4 is 5.32 Å². The largest absolute Gasteiger partial charge is 0.392 e. The van der Waals surface area contributed by atoms with E-state index in [1.54, 1.807) is 19.1 Å². The Balaban J connectivity index is 1.64. The van der Waals surface area contributed by atoms with Crippen LogP contribution in [0.2, 0.25) is 0 Å². The summed E-state index contributed by atoms with van der Waals surface area (Å²) in [4.78, 5) is 12.4. The summed E-state index contributed by atoms with van der Waals surface area (Å²) >= 11 is 0. The van der Waals surface area contributed by atoms with E-state index in [1.807, 2.05) is 0 Å². The van der Waals surface area contributed by atoms with Gasteiger partial charge in [-0.05, 0) is 43.5 Å². The minimum atomic E-state index is -3.23. The van der Waals surface area contributed by atoms with Crippen LogP contribution in [0.3, 0.4) is 0 Å². The molecule has 0 saturated carbocycles. The van der Waals surface area contributed by atoms with Crippen LogP contribution in [0.25, 0.3) is 22.2 Å². The molecule has 170 valence electrons. The van der Waals surface area contributed by atoms with E-state index in [1.165, 1.54) is 10.6 Å². The Kier molecular flexibility index (Phi) is 6.06. The molecule has 1 aromatic carbocycles. The van der Waals surface area contributed by atoms with Crippen LogP contribution in [0.5, 0.6) is 0 Å². The number of aromatic nitrogens is 3. The zero-order valence-corrected chi connectivity index (χ0v) is 18.5. The van der Waals surface area contributed by atoms with Crippen molar-refractivity contribution in [2.45, 2.75) is 32.4 Å². The summed E-state index contributed by atoms with van der Waals surface area (Å²) in [6, 6.07) is 4.29. The average molecular weight is 464 g/mol. The van der Waals surface area contributed by atoms with Crippen molar-refractivity contribution in [2.75, 3.05) is 24.7 Å². The molecule has 0 aliphatic carbocycles. The smallest absolute Gasteiger partial charge is 0.223 e. The van der Waals surface area contributed by atoms with Crippen molar-refractivity contribution in [1.82, 2.24) is 19.3 Å². The topological polar surface area (TPSA) is 108 Å². The zero-order valence-electron chi connectivity index (χ0n) is 17.6. The number of sulfonamides is 1. The van der Waals surface area contributed by atoms with Crippen molar-refractivity contribution in [2.24, 2.45) is 0 Å². The van der Waals surface area contributed by atoms with E-state index < -0.39 is 21.7 Å². The van der Waals surface area contributed by atoms with Crippen LogP contribution in [0.4, 0.5) is 14.7 Å². The first-order valence-corrected chi connectivity index (χ1v) is 12.0. The van der Waals surface area contributed by atoms with Gasteiger partial charge in [-0.1, -0.05) is 0 Å². The maximum atomic E-state index is 14.8. The quantitative estimate of drug-likeness (QED) is 0.599. The molecule has 2 aromatic heterocycles. The first kappa shape index (κ1) is 22.4. The molecule has 1 aliphatic rings. The number of anilines is 1. The highest BCUT2D eigenvalue weighted by atomic mass is 32.2. The predicted molar refractivity (Wildman–Crippen MR) is 116 cm³/mol. The normalized spacial score (nSPS) is 15.9. The lowest BCUT2D eigenvalue weighted by Crippen LogP contribution is -2.42. The zero-order chi connectivity index (χ0) is 23.0. The highest BCUT2D eigenvalue weighted by molar-refractivity contribution is 7.88. The van der Waals surface area contributed by atoms with Crippen molar-refractivity contribution in [1.29, 1.82) is 0 Å². The second-order valence-corrected chi connectivity index (χ2v) is 9.89. The first-order chi connectivity index (χ1) is 15.2. The van der Waals surface area contributed by atoms with Gasteiger partial charge in [0.1, 0.15) is 17.0 Å². The van der Waals surface area contributed by atoms with Crippen LogP contribution in [-0.4, -0.2) is 58.2 Å². The molecule has 0 unspecified atom stereocenters. The number of hydrogen-bond acceptors (Lipinski definition) is 7. The van der Waals surface area contributed by atoms with Crippen LogP contribution >= 0.6 is 0 Å². The van der Waals surface area contributed by atoms with Crippen molar-refractivity contribution < 1.29 is 22.3 Å². The fourth-order valence-electron chi connectivity index (χ4n) is 3.92. The molecule has 11 heteroatoms. The van der Waals surface area contributed by atoms with Gasteiger partial charge in [-0.3, -0.25) is 4.98 Å². The molecule has 32 heavy (non-hydrogen) atoms. The van der Waals surface area contributed by atoms with E-state index in [4.69, 9.17) is 0 Å². The monoisotopic (exact) mass is 463 g/mol. The van der Waals surface area contributed by atoms with Crippen LogP contribution in [0.15, 0.2) is 24.4 Å². The number of fused-ring (bicyclic) bond motifs is 1. The molecule has 2 N–H and O–H groups in total. The van der Waals surface area contributed by atoms with Crippen molar-refractivity contribution in [3.05, 3.63) is 47.3 Å². The fourth-order valence-corrected chi connectivity index (χ4v) is 4.79. The highest BCUT2D eigenvalue weighted by Gasteiger charge is 2.25. The van der Waals surface area contributed by atoms with Gasteiger partial charge < -0.3 is 10.4 Å². The van der Waals surface area contributed by atoms with Gasteiger partial charge in [-0.2, -0.15) is 0 Å². The summed E-state index contributed by atoms with van der Waals surface area (Å²) in [5.74, 6) is -1.19. The van der Waals surface area contributed by atoms with Gasteiger partial charge in [0.25, 0.3) is 0 Å². The van der Waals surface area contributed by atoms with Crippen molar-refractivity contribution >= 4 is 26.9 Å². The summed E-state index contributed by atoms with van der Waals surface area (Å²) < 4.78 is 54.1. The van der Waals surface area contributed by atoms with E-state index in [0.717, 1.165) is 12.3 Å². The molecule has 0 spiro atoms. The standard InChI is InChI=1S/C21H23F2N5O3S/c1-12-7-14(11-29)16-8-13(9-17(22)20(16)25-12)19-18(23)10-24-21(27-19)26-15-3-5-28(6-4-15)32(2,30)31/h7-10,15,29H,3-6,11H2,1-2H3,(H,24,26,27). The summed E-state index contributed by atoms with van der Waals surface area (Å²) in [5, 5.41) is 13.2. The number of piperidine rings is 1. The second-order valence-electron chi connectivity index (χ2n) is 7.91. The van der Waals surface area contributed by atoms with Crippen LogP contribution in [0, 0.1) is 18.6 Å². The Bertz CT molecular complexity index is 1280. The molecule has 1 fully saturated rings. The summed E-state index contributed by atoms with van der Waals surface area (Å²) in [6.45, 7) is 2.13. The molecule has 8 nitrogen and oxygen atoms in total. The number of halogens is 2. The molecule has 4 rings (SSSR count). The number of pyridine rings is 1. The summed E-state index contributed by atoms with van der Waals surface area (Å²) in [7, 11) is -3.23. The molecule has 0 bridgehead atoms. The van der Waals surface area contributed by atoms with Gasteiger partial charge in [-0.25, -0.2) is 31.5 Å². The third kappa shape index (κ3) is 4.54. The summed E-state index contributed by atoms with van der Waals surface area (Å²) in [5.41, 5.74) is 1.27. The van der Waals surface area contributed by atoms with E-state index in [9.17, 15) is 22.3 Å². The van der Waals surface area contributed by atoms with E-state index >= 15 is 0 Å². The fraction of sp³-hybridized carbons (Fsp3) is 0.381. The molecular weight excluding hydrogens is 440 g/mol. The maximum Gasteiger partial charge on any atom is 0.223 e. The first-order valence-electron chi connectivity index (χ1n) is 10.1. The Morgan fingerprint density at radius 1 is 1.16 bits per heavy atom. The number of aliphatic hydroxyl groups is 1. The molecule has 3 heterocycles. The molecule has 0 atom stereocenters. The number of nitrogens with zero attached hydrogens (tertiary/aromatic N) is 4. The number of aryl methyl sites for hydroxylation is 1. The maximum absolute atomic E-state index is 14.8. The predicted octanol–water partition coefficient (Wildman–Crippen LogP) is 2.61. The van der Waals surface area contributed by atoms with Gasteiger partial charge in [0.15, 0.2) is 5.82 Å². The van der Waals surface area contributed by atoms with Crippen molar-refractivity contribution in [3.63, 3.8) is 0 Å². The van der Waals surface area contributed by atoms with Gasteiger partial charge in [-0.15, -0.1) is 0 Å². The van der Waals surface area contributed by atoms with E-state index in [0.29, 0.717) is 42.6 Å². The molecule has 0 amide bonds. The number of benzene rings is 1. The van der Waals surface area contributed by atoms with Gasteiger partial charge in [0, 0.05) is 35.8 Å². The Morgan fingerprint density at radius 2 is 1.88 bits per heavy atom. The van der Waals surface area contributed by atoms with E-state index in [2.05, 4.69) is 20.3 Å². The van der Waals surface area contributed by atoms with Gasteiger partial charge in [0.05, 0.1) is 19.1 Å². The number of hydrogen-bond donors (Lipinski definition) is 2.